The Bertz CT molecular complexity index is 612. The van der Waals surface area contributed by atoms with Crippen LogP contribution in [0.1, 0.15) is 113 Å². The van der Waals surface area contributed by atoms with Crippen LogP contribution >= 0.6 is 0 Å². The van der Waals surface area contributed by atoms with E-state index in [1.807, 2.05) is 0 Å². The summed E-state index contributed by atoms with van der Waals surface area (Å²) in [5.41, 5.74) is 2.62. The Morgan fingerprint density at radius 2 is 1.90 bits per heavy atom. The molecule has 0 heterocycles. The van der Waals surface area contributed by atoms with Crippen molar-refractivity contribution in [2.24, 2.45) is 46.3 Å². The lowest BCUT2D eigenvalue weighted by Gasteiger charge is -2.58. The van der Waals surface area contributed by atoms with Gasteiger partial charge in [-0.1, -0.05) is 65.5 Å². The Morgan fingerprint density at radius 1 is 1.10 bits per heavy atom. The molecule has 1 nitrogen and oxygen atoms in total. The molecule has 168 valence electrons. The zero-order valence-corrected chi connectivity index (χ0v) is 20.1. The minimum absolute atomic E-state index is 0. The fourth-order valence-corrected chi connectivity index (χ4v) is 8.86. The number of rotatable bonds is 6. The Hall–Kier alpha value is -0.300. The lowest BCUT2D eigenvalue weighted by atomic mass is 9.47. The lowest BCUT2D eigenvalue weighted by molar-refractivity contribution is -0.0510. The molecule has 0 aromatic heterocycles. The molecule has 1 N–H and O–H groups in total. The third kappa shape index (κ3) is 3.77. The second kappa shape index (κ2) is 8.33. The normalized spacial score (nSPS) is 45.3. The van der Waals surface area contributed by atoms with E-state index in [2.05, 4.69) is 40.7 Å². The maximum Gasteiger partial charge on any atom is 0.0577 e. The summed E-state index contributed by atoms with van der Waals surface area (Å²) in [6.07, 6.45) is 18.7. The van der Waals surface area contributed by atoms with E-state index in [0.717, 1.165) is 48.3 Å². The Morgan fingerprint density at radius 3 is 2.62 bits per heavy atom. The highest BCUT2D eigenvalue weighted by Crippen LogP contribution is 2.66. The molecule has 3 fully saturated rings. The highest BCUT2D eigenvalue weighted by Gasteiger charge is 2.58. The third-order valence-corrected chi connectivity index (χ3v) is 10.9. The molecular weight excluding hydrogens is 352 g/mol. The van der Waals surface area contributed by atoms with Crippen molar-refractivity contribution in [2.45, 2.75) is 118 Å². The van der Waals surface area contributed by atoms with Crippen LogP contribution in [-0.4, -0.2) is 11.2 Å². The summed E-state index contributed by atoms with van der Waals surface area (Å²) in [7, 11) is 0. The van der Waals surface area contributed by atoms with Crippen molar-refractivity contribution < 1.29 is 6.53 Å². The van der Waals surface area contributed by atoms with E-state index in [1.165, 1.54) is 64.2 Å². The van der Waals surface area contributed by atoms with Gasteiger partial charge in [0.25, 0.3) is 0 Å². The number of aliphatic hydroxyl groups excluding tert-OH is 1. The van der Waals surface area contributed by atoms with E-state index >= 15 is 0 Å². The number of hydrogen-bond acceptors (Lipinski definition) is 1. The average Bonchev–Trinajstić information content (AvgIpc) is 3.02. The minimum atomic E-state index is -0.0756. The summed E-state index contributed by atoms with van der Waals surface area (Å²) >= 11 is 0. The first kappa shape index (κ1) is 21.9. The van der Waals surface area contributed by atoms with Crippen molar-refractivity contribution >= 4 is 0 Å². The van der Waals surface area contributed by atoms with Gasteiger partial charge in [-0.2, -0.15) is 0 Å². The fraction of sp³-hybridized carbons (Fsp3) is 0.929. The maximum absolute atomic E-state index is 10.2. The molecule has 0 saturated heterocycles. The van der Waals surface area contributed by atoms with Gasteiger partial charge in [0.05, 0.1) is 6.10 Å². The second-order valence-electron chi connectivity index (χ2n) is 12.3. The van der Waals surface area contributed by atoms with Crippen LogP contribution < -0.4 is 0 Å². The van der Waals surface area contributed by atoms with Crippen LogP contribution in [-0.2, 0) is 0 Å². The van der Waals surface area contributed by atoms with Gasteiger partial charge in [-0.3, -0.25) is 0 Å². The molecule has 0 bridgehead atoms. The molecule has 3 saturated carbocycles. The first-order chi connectivity index (χ1) is 13.8. The molecule has 0 aliphatic heterocycles. The molecule has 4 rings (SSSR count). The Labute approximate surface area is 182 Å². The van der Waals surface area contributed by atoms with Crippen LogP contribution in [0.15, 0.2) is 11.6 Å². The van der Waals surface area contributed by atoms with Gasteiger partial charge >= 0.3 is 0 Å². The zero-order valence-electron chi connectivity index (χ0n) is 20.1. The molecule has 0 aromatic rings. The zero-order chi connectivity index (χ0) is 20.8. The number of allylic oxidation sites excluding steroid dienone is 1. The molecule has 0 aromatic carbocycles. The monoisotopic (exact) mass is 402 g/mol. The second-order valence-corrected chi connectivity index (χ2v) is 12.3. The predicted molar refractivity (Wildman–Crippen MR) is 126 cm³/mol. The summed E-state index contributed by atoms with van der Waals surface area (Å²) in [5, 5.41) is 10.2. The van der Waals surface area contributed by atoms with Gasteiger partial charge < -0.3 is 5.11 Å². The first-order valence-electron chi connectivity index (χ1n) is 13.2. The Balaban J connectivity index is 0.00000256. The van der Waals surface area contributed by atoms with Crippen molar-refractivity contribution in [1.29, 1.82) is 0 Å². The van der Waals surface area contributed by atoms with E-state index in [4.69, 9.17) is 0 Å². The van der Waals surface area contributed by atoms with Crippen molar-refractivity contribution in [1.82, 2.24) is 0 Å². The topological polar surface area (TPSA) is 20.2 Å². The van der Waals surface area contributed by atoms with Crippen LogP contribution in [0.2, 0.25) is 0 Å². The van der Waals surface area contributed by atoms with Gasteiger partial charge in [0, 0.05) is 1.43 Å². The number of hydrogen-bond donors (Lipinski definition) is 1. The van der Waals surface area contributed by atoms with Gasteiger partial charge in [-0.15, -0.1) is 0 Å². The summed E-state index contributed by atoms with van der Waals surface area (Å²) in [5.74, 6) is 5.52. The molecule has 8 atom stereocenters. The molecule has 1 heteroatoms. The van der Waals surface area contributed by atoms with Gasteiger partial charge in [0.15, 0.2) is 0 Å². The van der Waals surface area contributed by atoms with E-state index < -0.39 is 0 Å². The van der Waals surface area contributed by atoms with Gasteiger partial charge in [0.2, 0.25) is 0 Å². The fourth-order valence-electron chi connectivity index (χ4n) is 8.86. The molecule has 4 aliphatic carbocycles. The predicted octanol–water partition coefficient (Wildman–Crippen LogP) is 8.02. The number of aliphatic hydroxyl groups is 1. The molecule has 0 radical (unpaired) electrons. The van der Waals surface area contributed by atoms with E-state index in [9.17, 15) is 5.11 Å². The van der Waals surface area contributed by atoms with Crippen molar-refractivity contribution in [2.75, 3.05) is 0 Å². The van der Waals surface area contributed by atoms with Crippen LogP contribution in [0.3, 0.4) is 0 Å². The largest absolute Gasteiger partial charge is 0.393 e. The molecule has 0 spiro atoms. The van der Waals surface area contributed by atoms with Crippen LogP contribution in [0.25, 0.3) is 0 Å². The van der Waals surface area contributed by atoms with Gasteiger partial charge in [-0.05, 0) is 104 Å². The van der Waals surface area contributed by atoms with E-state index in [0.29, 0.717) is 10.8 Å². The van der Waals surface area contributed by atoms with Crippen LogP contribution in [0, 0.1) is 46.3 Å². The first-order valence-corrected chi connectivity index (χ1v) is 13.2. The van der Waals surface area contributed by atoms with Crippen LogP contribution in [0.5, 0.6) is 0 Å². The quantitative estimate of drug-likeness (QED) is 0.446. The summed E-state index contributed by atoms with van der Waals surface area (Å²) < 4.78 is 0. The highest BCUT2D eigenvalue weighted by molar-refractivity contribution is 5.25. The van der Waals surface area contributed by atoms with E-state index in [-0.39, 0.29) is 7.53 Å². The standard InChI is InChI=1S/C28H48O.H2/c1-6-20(19(2)3)8-7-9-21-11-13-25-24-12-10-22-18-23(29)14-16-28(22,5)26(24)15-17-27(21,25)4;/h10,19-21,23-26,29H,6-9,11-18H2,1-5H3;1H. The molecule has 4 aliphatic rings. The van der Waals surface area contributed by atoms with E-state index in [1.54, 1.807) is 5.57 Å². The van der Waals surface area contributed by atoms with Gasteiger partial charge in [-0.25, -0.2) is 0 Å². The SMILES string of the molecule is CCC(CCCC1CCC2C3CC=C4CC(O)CCC4(C)C3CCC12C)C(C)C.[HH]. The molecule has 0 amide bonds. The van der Waals surface area contributed by atoms with Crippen molar-refractivity contribution in [3.63, 3.8) is 0 Å². The minimum Gasteiger partial charge on any atom is -0.393 e. The van der Waals surface area contributed by atoms with Crippen molar-refractivity contribution in [3.8, 4) is 0 Å². The Kier molecular flexibility index (Phi) is 6.29. The smallest absolute Gasteiger partial charge is 0.0577 e. The number of fused-ring (bicyclic) bond motifs is 5. The van der Waals surface area contributed by atoms with Gasteiger partial charge in [0.1, 0.15) is 0 Å². The summed E-state index contributed by atoms with van der Waals surface area (Å²) in [6.45, 7) is 12.5. The van der Waals surface area contributed by atoms with Crippen LogP contribution in [0.4, 0.5) is 0 Å². The maximum atomic E-state index is 10.2. The third-order valence-electron chi connectivity index (χ3n) is 10.9. The summed E-state index contributed by atoms with van der Waals surface area (Å²) in [6, 6.07) is 0. The molecular formula is C28H50O. The average molecular weight is 403 g/mol. The van der Waals surface area contributed by atoms with Crippen molar-refractivity contribution in [3.05, 3.63) is 11.6 Å². The lowest BCUT2D eigenvalue weighted by Crippen LogP contribution is -2.50. The molecule has 29 heavy (non-hydrogen) atoms. The highest BCUT2D eigenvalue weighted by atomic mass is 16.3. The summed E-state index contributed by atoms with van der Waals surface area (Å²) in [4.78, 5) is 0. The molecule has 8 unspecified atom stereocenters.